The molecule has 1 atom stereocenters. The summed E-state index contributed by atoms with van der Waals surface area (Å²) in [5, 5.41) is 0. The normalized spacial score (nSPS) is 20.9. The van der Waals surface area contributed by atoms with Gasteiger partial charge in [-0.05, 0) is 24.1 Å². The molecule has 0 amide bonds. The van der Waals surface area contributed by atoms with E-state index < -0.39 is 0 Å². The summed E-state index contributed by atoms with van der Waals surface area (Å²) in [6.07, 6.45) is 5.22. The van der Waals surface area contributed by atoms with E-state index in [1.807, 2.05) is 0 Å². The van der Waals surface area contributed by atoms with Crippen molar-refractivity contribution in [1.29, 1.82) is 0 Å². The van der Waals surface area contributed by atoms with Crippen molar-refractivity contribution in [2.24, 2.45) is 5.41 Å². The van der Waals surface area contributed by atoms with Crippen LogP contribution in [0.25, 0.3) is 0 Å². The van der Waals surface area contributed by atoms with Crippen molar-refractivity contribution >= 4 is 0 Å². The minimum absolute atomic E-state index is 0.242. The van der Waals surface area contributed by atoms with Crippen LogP contribution in [0.4, 0.5) is 0 Å². The van der Waals surface area contributed by atoms with Gasteiger partial charge in [0.05, 0.1) is 19.3 Å². The average Bonchev–Trinajstić information content (AvgIpc) is 2.39. The predicted molar refractivity (Wildman–Crippen MR) is 78.6 cm³/mol. The van der Waals surface area contributed by atoms with Gasteiger partial charge in [-0.25, -0.2) is 0 Å². The van der Waals surface area contributed by atoms with E-state index in [0.29, 0.717) is 0 Å². The highest BCUT2D eigenvalue weighted by Crippen LogP contribution is 2.45. The maximum atomic E-state index is 5.75. The standard InChI is InChI=1S/C17H26O2/c1-4-5-6-7-12-18-15-10-8-14(9-11-15)16-17(2,3)13-19-16/h8-11,16H,4-7,12-13H2,1-3H3. The maximum Gasteiger partial charge on any atom is 0.119 e. The van der Waals surface area contributed by atoms with Gasteiger partial charge < -0.3 is 9.47 Å². The zero-order valence-corrected chi connectivity index (χ0v) is 12.4. The van der Waals surface area contributed by atoms with Gasteiger partial charge in [-0.2, -0.15) is 0 Å². The van der Waals surface area contributed by atoms with Gasteiger partial charge in [0.25, 0.3) is 0 Å². The lowest BCUT2D eigenvalue weighted by molar-refractivity contribution is -0.172. The van der Waals surface area contributed by atoms with Crippen LogP contribution in [0.5, 0.6) is 5.75 Å². The Kier molecular flexibility index (Phi) is 4.87. The molecule has 19 heavy (non-hydrogen) atoms. The van der Waals surface area contributed by atoms with E-state index in [-0.39, 0.29) is 11.5 Å². The fraction of sp³-hybridized carbons (Fsp3) is 0.647. The van der Waals surface area contributed by atoms with E-state index in [9.17, 15) is 0 Å². The second-order valence-corrected chi connectivity index (χ2v) is 6.16. The predicted octanol–water partition coefficient (Wildman–Crippen LogP) is 4.74. The minimum Gasteiger partial charge on any atom is -0.494 e. The molecule has 1 unspecified atom stereocenters. The van der Waals surface area contributed by atoms with Crippen LogP contribution < -0.4 is 4.74 Å². The molecule has 0 N–H and O–H groups in total. The highest BCUT2D eigenvalue weighted by atomic mass is 16.5. The number of unbranched alkanes of at least 4 members (excludes halogenated alkanes) is 3. The Hall–Kier alpha value is -1.02. The minimum atomic E-state index is 0.242. The van der Waals surface area contributed by atoms with Crippen LogP contribution in [0.1, 0.15) is 58.1 Å². The van der Waals surface area contributed by atoms with Crippen molar-refractivity contribution in [3.63, 3.8) is 0 Å². The SMILES string of the molecule is CCCCCCOc1ccc(C2OCC2(C)C)cc1. The van der Waals surface area contributed by atoms with Crippen LogP contribution in [-0.2, 0) is 4.74 Å². The second kappa shape index (κ2) is 6.42. The van der Waals surface area contributed by atoms with Crippen LogP contribution in [0.15, 0.2) is 24.3 Å². The number of hydrogen-bond donors (Lipinski definition) is 0. The molecule has 2 nitrogen and oxygen atoms in total. The molecule has 1 aliphatic heterocycles. The third-order valence-electron chi connectivity index (χ3n) is 3.78. The Bertz CT molecular complexity index is 381. The third-order valence-corrected chi connectivity index (χ3v) is 3.78. The van der Waals surface area contributed by atoms with Crippen LogP contribution in [0.3, 0.4) is 0 Å². The van der Waals surface area contributed by atoms with Gasteiger partial charge in [-0.1, -0.05) is 52.2 Å². The first kappa shape index (κ1) is 14.4. The Morgan fingerprint density at radius 2 is 1.89 bits per heavy atom. The molecule has 2 heteroatoms. The fourth-order valence-electron chi connectivity index (χ4n) is 2.51. The van der Waals surface area contributed by atoms with E-state index in [1.165, 1.54) is 24.8 Å². The van der Waals surface area contributed by atoms with Gasteiger partial charge in [0.1, 0.15) is 5.75 Å². The van der Waals surface area contributed by atoms with E-state index >= 15 is 0 Å². The molecule has 1 aliphatic rings. The molecule has 1 heterocycles. The van der Waals surface area contributed by atoms with Crippen molar-refractivity contribution < 1.29 is 9.47 Å². The van der Waals surface area contributed by atoms with Crippen LogP contribution in [0.2, 0.25) is 0 Å². The molecule has 0 aliphatic carbocycles. The molecule has 0 saturated carbocycles. The molecule has 0 radical (unpaired) electrons. The molecule has 0 bridgehead atoms. The molecule has 1 aromatic carbocycles. The highest BCUT2D eigenvalue weighted by Gasteiger charge is 2.40. The first-order valence-electron chi connectivity index (χ1n) is 7.48. The molecule has 2 rings (SSSR count). The summed E-state index contributed by atoms with van der Waals surface area (Å²) in [4.78, 5) is 0. The van der Waals surface area contributed by atoms with Crippen molar-refractivity contribution in [1.82, 2.24) is 0 Å². The smallest absolute Gasteiger partial charge is 0.119 e. The first-order chi connectivity index (χ1) is 9.13. The quantitative estimate of drug-likeness (QED) is 0.661. The van der Waals surface area contributed by atoms with Gasteiger partial charge in [0.2, 0.25) is 0 Å². The summed E-state index contributed by atoms with van der Waals surface area (Å²) < 4.78 is 11.4. The molecular weight excluding hydrogens is 236 g/mol. The number of ether oxygens (including phenoxy) is 2. The Morgan fingerprint density at radius 3 is 2.42 bits per heavy atom. The third kappa shape index (κ3) is 3.73. The van der Waals surface area contributed by atoms with Crippen LogP contribution >= 0.6 is 0 Å². The molecule has 1 saturated heterocycles. The Balaban J connectivity index is 1.79. The van der Waals surface area contributed by atoms with Gasteiger partial charge in [-0.15, -0.1) is 0 Å². The van der Waals surface area contributed by atoms with Crippen LogP contribution in [-0.4, -0.2) is 13.2 Å². The van der Waals surface area contributed by atoms with Gasteiger partial charge >= 0.3 is 0 Å². The summed E-state index contributed by atoms with van der Waals surface area (Å²) in [6, 6.07) is 8.39. The van der Waals surface area contributed by atoms with E-state index in [4.69, 9.17) is 9.47 Å². The molecule has 0 aromatic heterocycles. The van der Waals surface area contributed by atoms with E-state index in [2.05, 4.69) is 45.0 Å². The molecule has 1 fully saturated rings. The summed E-state index contributed by atoms with van der Waals surface area (Å²) >= 11 is 0. The second-order valence-electron chi connectivity index (χ2n) is 6.16. The van der Waals surface area contributed by atoms with Crippen molar-refractivity contribution in [3.8, 4) is 5.75 Å². The Labute approximate surface area is 117 Å². The average molecular weight is 262 g/mol. The monoisotopic (exact) mass is 262 g/mol. The molecular formula is C17H26O2. The maximum absolute atomic E-state index is 5.75. The lowest BCUT2D eigenvalue weighted by atomic mass is 9.79. The molecule has 1 aromatic rings. The van der Waals surface area contributed by atoms with Crippen molar-refractivity contribution in [2.45, 2.75) is 52.6 Å². The zero-order valence-electron chi connectivity index (χ0n) is 12.4. The highest BCUT2D eigenvalue weighted by molar-refractivity contribution is 5.30. The molecule has 106 valence electrons. The fourth-order valence-corrected chi connectivity index (χ4v) is 2.51. The number of hydrogen-bond acceptors (Lipinski definition) is 2. The van der Waals surface area contributed by atoms with E-state index in [1.54, 1.807) is 0 Å². The number of benzene rings is 1. The summed E-state index contributed by atoms with van der Waals surface area (Å²) in [5.41, 5.74) is 1.53. The summed E-state index contributed by atoms with van der Waals surface area (Å²) in [7, 11) is 0. The van der Waals surface area contributed by atoms with E-state index in [0.717, 1.165) is 25.4 Å². The first-order valence-corrected chi connectivity index (χ1v) is 7.48. The topological polar surface area (TPSA) is 18.5 Å². The summed E-state index contributed by atoms with van der Waals surface area (Å²) in [6.45, 7) is 8.40. The lowest BCUT2D eigenvalue weighted by Crippen LogP contribution is -2.40. The zero-order chi connectivity index (χ0) is 13.7. The Morgan fingerprint density at radius 1 is 1.16 bits per heavy atom. The molecule has 0 spiro atoms. The number of rotatable bonds is 7. The summed E-state index contributed by atoms with van der Waals surface area (Å²) in [5.74, 6) is 0.970. The van der Waals surface area contributed by atoms with Gasteiger partial charge in [0, 0.05) is 5.41 Å². The van der Waals surface area contributed by atoms with Crippen LogP contribution in [0, 0.1) is 5.41 Å². The largest absolute Gasteiger partial charge is 0.494 e. The van der Waals surface area contributed by atoms with Gasteiger partial charge in [0.15, 0.2) is 0 Å². The van der Waals surface area contributed by atoms with Crippen molar-refractivity contribution in [2.75, 3.05) is 13.2 Å². The van der Waals surface area contributed by atoms with Gasteiger partial charge in [-0.3, -0.25) is 0 Å². The lowest BCUT2D eigenvalue weighted by Gasteiger charge is -2.44. The van der Waals surface area contributed by atoms with Crippen molar-refractivity contribution in [3.05, 3.63) is 29.8 Å².